The molecule has 0 bridgehead atoms. The fourth-order valence-electron chi connectivity index (χ4n) is 1.32. The topological polar surface area (TPSA) is 62.8 Å². The molecule has 0 saturated heterocycles. The summed E-state index contributed by atoms with van der Waals surface area (Å²) < 4.78 is 1.10. The fraction of sp³-hybridized carbons (Fsp3) is 0.167. The maximum absolute atomic E-state index is 7.31. The molecule has 1 aromatic heterocycles. The number of thiazole rings is 1. The van der Waals surface area contributed by atoms with Crippen LogP contribution < -0.4 is 5.73 Å². The van der Waals surface area contributed by atoms with E-state index in [0.717, 1.165) is 21.3 Å². The fourth-order valence-corrected chi connectivity index (χ4v) is 3.13. The van der Waals surface area contributed by atoms with Gasteiger partial charge in [0.15, 0.2) is 0 Å². The summed E-state index contributed by atoms with van der Waals surface area (Å²) >= 11 is 3.41. The molecule has 0 radical (unpaired) electrons. The Morgan fingerprint density at radius 1 is 1.41 bits per heavy atom. The molecule has 0 fully saturated rings. The third kappa shape index (κ3) is 3.31. The minimum Gasteiger partial charge on any atom is -0.384 e. The molecule has 0 aliphatic carbocycles. The maximum Gasteiger partial charge on any atom is 0.150 e. The van der Waals surface area contributed by atoms with Crippen molar-refractivity contribution in [3.63, 3.8) is 0 Å². The van der Waals surface area contributed by atoms with Crippen LogP contribution in [0.1, 0.15) is 16.8 Å². The van der Waals surface area contributed by atoms with Crippen molar-refractivity contribution < 1.29 is 0 Å². The smallest absolute Gasteiger partial charge is 0.150 e. The predicted octanol–water partition coefficient (Wildman–Crippen LogP) is 3.03. The summed E-state index contributed by atoms with van der Waals surface area (Å²) in [6.45, 7) is 2.00. The van der Waals surface area contributed by atoms with Crippen LogP contribution in [-0.4, -0.2) is 10.8 Å². The molecule has 2 rings (SSSR count). The van der Waals surface area contributed by atoms with E-state index in [4.69, 9.17) is 11.1 Å². The van der Waals surface area contributed by atoms with Crippen LogP contribution in [0.5, 0.6) is 0 Å². The Bertz CT molecular complexity index is 517. The maximum atomic E-state index is 7.31. The molecule has 0 unspecified atom stereocenters. The number of rotatable bonds is 4. The molecule has 1 aromatic carbocycles. The molecule has 0 spiro atoms. The van der Waals surface area contributed by atoms with Crippen LogP contribution >= 0.6 is 23.1 Å². The van der Waals surface area contributed by atoms with Gasteiger partial charge < -0.3 is 5.73 Å². The molecular weight excluding hydrogens is 250 g/mol. The highest BCUT2D eigenvalue weighted by molar-refractivity contribution is 8.00. The lowest BCUT2D eigenvalue weighted by atomic mass is 10.1. The minimum atomic E-state index is 0.111. The van der Waals surface area contributed by atoms with Crippen LogP contribution in [0.2, 0.25) is 0 Å². The molecule has 2 aromatic rings. The molecule has 0 saturated carbocycles. The van der Waals surface area contributed by atoms with Crippen molar-refractivity contribution in [3.8, 4) is 0 Å². The van der Waals surface area contributed by atoms with Gasteiger partial charge in [0.05, 0.1) is 0 Å². The Labute approximate surface area is 109 Å². The summed E-state index contributed by atoms with van der Waals surface area (Å²) in [5, 5.41) is 9.37. The van der Waals surface area contributed by atoms with Gasteiger partial charge in [0.25, 0.3) is 0 Å². The first-order chi connectivity index (χ1) is 8.15. The van der Waals surface area contributed by atoms with Crippen LogP contribution in [0, 0.1) is 12.3 Å². The van der Waals surface area contributed by atoms with E-state index in [2.05, 4.69) is 10.4 Å². The second kappa shape index (κ2) is 5.33. The summed E-state index contributed by atoms with van der Waals surface area (Å²) in [5.41, 5.74) is 8.46. The molecule has 1 heterocycles. The van der Waals surface area contributed by atoms with Crippen LogP contribution in [0.25, 0.3) is 0 Å². The second-order valence-electron chi connectivity index (χ2n) is 3.65. The van der Waals surface area contributed by atoms with E-state index < -0.39 is 0 Å². The molecule has 5 heteroatoms. The number of amidine groups is 1. The van der Waals surface area contributed by atoms with E-state index in [1.165, 1.54) is 5.56 Å². The van der Waals surface area contributed by atoms with E-state index in [1.807, 2.05) is 31.2 Å². The Hall–Kier alpha value is -1.33. The van der Waals surface area contributed by atoms with Crippen molar-refractivity contribution >= 4 is 28.9 Å². The average Bonchev–Trinajstić information content (AvgIpc) is 2.73. The molecule has 0 aliphatic heterocycles. The molecule has 3 N–H and O–H groups in total. The van der Waals surface area contributed by atoms with E-state index in [9.17, 15) is 0 Å². The van der Waals surface area contributed by atoms with Crippen LogP contribution in [0.15, 0.2) is 34.0 Å². The number of nitrogen functional groups attached to an aromatic ring is 1. The summed E-state index contributed by atoms with van der Waals surface area (Å²) in [6.07, 6.45) is 0. The molecule has 0 atom stereocenters. The quantitative estimate of drug-likeness (QED) is 0.506. The third-order valence-electron chi connectivity index (χ3n) is 2.23. The van der Waals surface area contributed by atoms with Crippen molar-refractivity contribution in [1.82, 2.24) is 4.98 Å². The van der Waals surface area contributed by atoms with Crippen molar-refractivity contribution in [2.45, 2.75) is 17.0 Å². The number of thioether (sulfide) groups is 1. The highest BCUT2D eigenvalue weighted by Crippen LogP contribution is 2.25. The predicted molar refractivity (Wildman–Crippen MR) is 73.9 cm³/mol. The third-order valence-corrected chi connectivity index (χ3v) is 4.44. The Morgan fingerprint density at radius 3 is 2.65 bits per heavy atom. The van der Waals surface area contributed by atoms with Gasteiger partial charge in [-0.3, -0.25) is 5.41 Å². The van der Waals surface area contributed by atoms with Crippen molar-refractivity contribution in [3.05, 3.63) is 46.5 Å². The summed E-state index contributed by atoms with van der Waals surface area (Å²) in [4.78, 5) is 4.40. The number of nitrogens with zero attached hydrogens (tertiary/aromatic N) is 1. The number of hydrogen-bond acceptors (Lipinski definition) is 4. The monoisotopic (exact) mass is 263 g/mol. The lowest BCUT2D eigenvalue weighted by Crippen LogP contribution is -2.10. The zero-order valence-electron chi connectivity index (χ0n) is 9.43. The van der Waals surface area contributed by atoms with E-state index in [0.29, 0.717) is 0 Å². The van der Waals surface area contributed by atoms with E-state index in [-0.39, 0.29) is 5.84 Å². The average molecular weight is 263 g/mol. The van der Waals surface area contributed by atoms with Gasteiger partial charge in [0.2, 0.25) is 0 Å². The number of nitrogens with one attached hydrogen (secondary N) is 1. The lowest BCUT2D eigenvalue weighted by molar-refractivity contribution is 1.16. The molecule has 88 valence electrons. The number of hydrogen-bond donors (Lipinski definition) is 2. The van der Waals surface area contributed by atoms with Crippen molar-refractivity contribution in [2.24, 2.45) is 5.73 Å². The summed E-state index contributed by atoms with van der Waals surface area (Å²) in [5.74, 6) is 1.00. The van der Waals surface area contributed by atoms with Gasteiger partial charge >= 0.3 is 0 Å². The first kappa shape index (κ1) is 12.1. The Balaban J connectivity index is 1.97. The molecule has 0 aliphatic rings. The van der Waals surface area contributed by atoms with Gasteiger partial charge in [-0.1, -0.05) is 36.0 Å². The van der Waals surface area contributed by atoms with Gasteiger partial charge in [-0.05, 0) is 12.5 Å². The number of aromatic nitrogens is 1. The highest BCUT2D eigenvalue weighted by Gasteiger charge is 2.01. The first-order valence-corrected chi connectivity index (χ1v) is 7.00. The van der Waals surface area contributed by atoms with E-state index >= 15 is 0 Å². The van der Waals surface area contributed by atoms with Gasteiger partial charge in [-0.15, -0.1) is 11.3 Å². The van der Waals surface area contributed by atoms with Gasteiger partial charge in [-0.25, -0.2) is 4.98 Å². The lowest BCUT2D eigenvalue weighted by Gasteiger charge is -2.01. The highest BCUT2D eigenvalue weighted by atomic mass is 32.2. The summed E-state index contributed by atoms with van der Waals surface area (Å²) in [6, 6.07) is 7.77. The zero-order chi connectivity index (χ0) is 12.3. The SMILES string of the molecule is Cc1csc(SCc2ccc(C(=N)N)cc2)n1. The molecule has 0 amide bonds. The van der Waals surface area contributed by atoms with Crippen molar-refractivity contribution in [2.75, 3.05) is 0 Å². The van der Waals surface area contributed by atoms with Gasteiger partial charge in [-0.2, -0.15) is 0 Å². The van der Waals surface area contributed by atoms with Gasteiger partial charge in [0, 0.05) is 22.4 Å². The number of benzene rings is 1. The molecular formula is C12H13N3S2. The molecule has 17 heavy (non-hydrogen) atoms. The summed E-state index contributed by atoms with van der Waals surface area (Å²) in [7, 11) is 0. The zero-order valence-corrected chi connectivity index (χ0v) is 11.1. The number of aryl methyl sites for hydroxylation is 1. The first-order valence-electron chi connectivity index (χ1n) is 5.13. The minimum absolute atomic E-state index is 0.111. The molecule has 3 nitrogen and oxygen atoms in total. The van der Waals surface area contributed by atoms with Crippen LogP contribution in [0.4, 0.5) is 0 Å². The van der Waals surface area contributed by atoms with E-state index in [1.54, 1.807) is 23.1 Å². The van der Waals surface area contributed by atoms with Crippen molar-refractivity contribution in [1.29, 1.82) is 5.41 Å². The Morgan fingerprint density at radius 2 is 2.12 bits per heavy atom. The number of nitrogens with two attached hydrogens (primary N) is 1. The van der Waals surface area contributed by atoms with Gasteiger partial charge in [0.1, 0.15) is 10.2 Å². The largest absolute Gasteiger partial charge is 0.384 e. The standard InChI is InChI=1S/C12H13N3S2/c1-8-6-16-12(15-8)17-7-9-2-4-10(5-3-9)11(13)14/h2-6H,7H2,1H3,(H3,13,14). The normalized spacial score (nSPS) is 10.4. The van der Waals surface area contributed by atoms with Crippen LogP contribution in [0.3, 0.4) is 0 Å². The Kier molecular flexibility index (Phi) is 3.81. The second-order valence-corrected chi connectivity index (χ2v) is 5.73. The van der Waals surface area contributed by atoms with Crippen LogP contribution in [-0.2, 0) is 5.75 Å².